The quantitative estimate of drug-likeness (QED) is 0.540. The van der Waals surface area contributed by atoms with Gasteiger partial charge in [0, 0.05) is 19.4 Å². The molecular weight excluding hydrogens is 384 g/mol. The molecule has 7 atom stereocenters. The molecular formula is C24H36O6. The highest BCUT2D eigenvalue weighted by Gasteiger charge is 2.54. The Labute approximate surface area is 179 Å². The van der Waals surface area contributed by atoms with Crippen molar-refractivity contribution in [1.82, 2.24) is 0 Å². The molecule has 1 aliphatic heterocycles. The van der Waals surface area contributed by atoms with E-state index in [1.54, 1.807) is 0 Å². The summed E-state index contributed by atoms with van der Waals surface area (Å²) >= 11 is 0. The number of fused-ring (bicyclic) bond motifs is 1. The third kappa shape index (κ3) is 4.09. The topological polar surface area (TPSA) is 82.1 Å². The van der Waals surface area contributed by atoms with Crippen LogP contribution in [0.2, 0.25) is 0 Å². The summed E-state index contributed by atoms with van der Waals surface area (Å²) in [6.07, 6.45) is 5.03. The van der Waals surface area contributed by atoms with E-state index in [1.165, 1.54) is 32.3 Å². The molecule has 6 nitrogen and oxygen atoms in total. The van der Waals surface area contributed by atoms with Gasteiger partial charge >= 0.3 is 11.9 Å². The van der Waals surface area contributed by atoms with E-state index < -0.39 is 30.6 Å². The second-order valence-corrected chi connectivity index (χ2v) is 9.82. The van der Waals surface area contributed by atoms with Crippen molar-refractivity contribution >= 4 is 11.9 Å². The highest BCUT2D eigenvalue weighted by molar-refractivity contribution is 5.67. The first-order chi connectivity index (χ1) is 14.0. The first-order valence-corrected chi connectivity index (χ1v) is 11.0. The molecule has 0 radical (unpaired) electrons. The number of esters is 2. The molecule has 0 aromatic rings. The van der Waals surface area contributed by atoms with Gasteiger partial charge in [-0.15, -0.1) is 0 Å². The average Bonchev–Trinajstić information content (AvgIpc) is 2.92. The number of hydrogen-bond donors (Lipinski definition) is 1. The van der Waals surface area contributed by atoms with Crippen molar-refractivity contribution in [3.05, 3.63) is 23.8 Å². The van der Waals surface area contributed by atoms with Gasteiger partial charge in [0.1, 0.15) is 6.10 Å². The molecule has 4 unspecified atom stereocenters. The minimum atomic E-state index is -1.17. The number of ether oxygens (including phenoxy) is 3. The maximum Gasteiger partial charge on any atom is 0.305 e. The lowest BCUT2D eigenvalue weighted by Gasteiger charge is -2.58. The Hall–Kier alpha value is -1.66. The van der Waals surface area contributed by atoms with E-state index in [0.717, 1.165) is 25.7 Å². The molecule has 3 rings (SSSR count). The lowest BCUT2D eigenvalue weighted by atomic mass is 9.46. The summed E-state index contributed by atoms with van der Waals surface area (Å²) < 4.78 is 15.9. The smallest absolute Gasteiger partial charge is 0.305 e. The van der Waals surface area contributed by atoms with Crippen LogP contribution in [0.25, 0.3) is 0 Å². The average molecular weight is 421 g/mol. The van der Waals surface area contributed by atoms with Gasteiger partial charge in [0.05, 0.1) is 0 Å². The van der Waals surface area contributed by atoms with E-state index in [2.05, 4.69) is 27.4 Å². The molecule has 0 aromatic carbocycles. The molecule has 1 saturated heterocycles. The Balaban J connectivity index is 1.88. The monoisotopic (exact) mass is 420 g/mol. The summed E-state index contributed by atoms with van der Waals surface area (Å²) in [7, 11) is 0. The van der Waals surface area contributed by atoms with Gasteiger partial charge in [0.2, 0.25) is 12.6 Å². The third-order valence-corrected chi connectivity index (χ3v) is 8.03. The Bertz CT molecular complexity index is 742. The van der Waals surface area contributed by atoms with Crippen LogP contribution in [0, 0.1) is 22.7 Å². The Morgan fingerprint density at radius 3 is 2.53 bits per heavy atom. The lowest BCUT2D eigenvalue weighted by Crippen LogP contribution is -2.50. The minimum Gasteiger partial charge on any atom is -0.433 e. The molecule has 0 aromatic heterocycles. The first-order valence-electron chi connectivity index (χ1n) is 11.0. The Kier molecular flexibility index (Phi) is 6.49. The second-order valence-electron chi connectivity index (χ2n) is 9.82. The van der Waals surface area contributed by atoms with Crippen LogP contribution in [0.3, 0.4) is 0 Å². The SMILES string of the molecule is C=C1CCCC2C1(C)CCC(C)C2(C)C/C=C1\[C@@H](OC(C)=O)O[C@H](OC(C)=O)[C@H]1O. The number of hydrogen-bond acceptors (Lipinski definition) is 6. The van der Waals surface area contributed by atoms with Crippen LogP contribution in [0.5, 0.6) is 0 Å². The number of carbonyl (C=O) groups is 2. The fourth-order valence-electron chi connectivity index (χ4n) is 5.94. The molecule has 0 spiro atoms. The van der Waals surface area contributed by atoms with Crippen molar-refractivity contribution in [1.29, 1.82) is 0 Å². The maximum absolute atomic E-state index is 11.5. The molecule has 6 heteroatoms. The zero-order valence-corrected chi connectivity index (χ0v) is 18.9. The second kappa shape index (κ2) is 8.46. The largest absolute Gasteiger partial charge is 0.433 e. The van der Waals surface area contributed by atoms with Gasteiger partial charge in [-0.3, -0.25) is 14.3 Å². The molecule has 0 bridgehead atoms. The van der Waals surface area contributed by atoms with E-state index in [1.807, 2.05) is 6.08 Å². The highest BCUT2D eigenvalue weighted by Crippen LogP contribution is 2.62. The van der Waals surface area contributed by atoms with Crippen molar-refractivity contribution in [3.63, 3.8) is 0 Å². The Morgan fingerprint density at radius 1 is 1.23 bits per heavy atom. The molecule has 2 saturated carbocycles. The fraction of sp³-hybridized carbons (Fsp3) is 0.750. The summed E-state index contributed by atoms with van der Waals surface area (Å²) in [4.78, 5) is 22.9. The van der Waals surface area contributed by atoms with Crippen LogP contribution in [0.15, 0.2) is 23.8 Å². The molecule has 3 aliphatic rings. The van der Waals surface area contributed by atoms with Gasteiger partial charge < -0.3 is 14.6 Å². The molecule has 0 amide bonds. The Morgan fingerprint density at radius 2 is 1.90 bits per heavy atom. The fourth-order valence-corrected chi connectivity index (χ4v) is 5.94. The highest BCUT2D eigenvalue weighted by atomic mass is 16.8. The van der Waals surface area contributed by atoms with Crippen molar-refractivity contribution in [2.75, 3.05) is 0 Å². The molecule has 2 aliphatic carbocycles. The minimum absolute atomic E-state index is 0.0172. The van der Waals surface area contributed by atoms with Gasteiger partial charge in [-0.25, -0.2) is 0 Å². The summed E-state index contributed by atoms with van der Waals surface area (Å²) in [5, 5.41) is 10.7. The number of allylic oxidation sites excluding steroid dienone is 2. The van der Waals surface area contributed by atoms with Crippen molar-refractivity contribution < 1.29 is 28.9 Å². The zero-order chi connectivity index (χ0) is 22.3. The van der Waals surface area contributed by atoms with Gasteiger partial charge in [-0.2, -0.15) is 0 Å². The molecule has 168 valence electrons. The predicted octanol–water partition coefficient (Wildman–Crippen LogP) is 4.27. The van der Waals surface area contributed by atoms with Gasteiger partial charge in [-0.1, -0.05) is 39.0 Å². The standard InChI is InChI=1S/C24H36O6/c1-14-8-7-9-19-23(14,5)12-10-15(2)24(19,6)13-11-18-20(27)22(29-17(4)26)30-21(18)28-16(3)25/h11,15,19-22,27H,1,7-10,12-13H2,2-6H3/b18-11-/t15?,19?,20-,21-,22-,23?,24?/m0/s1. The van der Waals surface area contributed by atoms with Crippen LogP contribution in [-0.4, -0.2) is 35.7 Å². The molecule has 1 heterocycles. The van der Waals surface area contributed by atoms with Crippen LogP contribution in [0.4, 0.5) is 0 Å². The summed E-state index contributed by atoms with van der Waals surface area (Å²) in [5.74, 6) is -0.0711. The summed E-state index contributed by atoms with van der Waals surface area (Å²) in [5.41, 5.74) is 1.97. The van der Waals surface area contributed by atoms with Crippen molar-refractivity contribution in [3.8, 4) is 0 Å². The van der Waals surface area contributed by atoms with E-state index in [9.17, 15) is 14.7 Å². The summed E-state index contributed by atoms with van der Waals surface area (Å²) in [6, 6.07) is 0. The van der Waals surface area contributed by atoms with E-state index in [0.29, 0.717) is 17.4 Å². The predicted molar refractivity (Wildman–Crippen MR) is 112 cm³/mol. The zero-order valence-electron chi connectivity index (χ0n) is 18.9. The van der Waals surface area contributed by atoms with E-state index >= 15 is 0 Å². The number of rotatable bonds is 4. The van der Waals surface area contributed by atoms with Crippen LogP contribution >= 0.6 is 0 Å². The van der Waals surface area contributed by atoms with E-state index in [-0.39, 0.29) is 10.8 Å². The number of aliphatic hydroxyl groups excluding tert-OH is 1. The van der Waals surface area contributed by atoms with Crippen LogP contribution in [0.1, 0.15) is 73.1 Å². The molecule has 30 heavy (non-hydrogen) atoms. The maximum atomic E-state index is 11.5. The number of aliphatic hydroxyl groups is 1. The van der Waals surface area contributed by atoms with E-state index in [4.69, 9.17) is 14.2 Å². The van der Waals surface area contributed by atoms with Gasteiger partial charge in [0.25, 0.3) is 0 Å². The van der Waals surface area contributed by atoms with Crippen LogP contribution in [-0.2, 0) is 23.8 Å². The summed E-state index contributed by atoms with van der Waals surface area (Å²) in [6.45, 7) is 14.0. The van der Waals surface area contributed by atoms with Crippen molar-refractivity contribution in [2.45, 2.75) is 91.8 Å². The van der Waals surface area contributed by atoms with Gasteiger partial charge in [0.15, 0.2) is 0 Å². The molecule has 3 fully saturated rings. The normalized spacial score (nSPS) is 42.7. The lowest BCUT2D eigenvalue weighted by molar-refractivity contribution is -0.214. The number of carbonyl (C=O) groups excluding carboxylic acids is 2. The first kappa shape index (κ1) is 23.0. The van der Waals surface area contributed by atoms with Crippen molar-refractivity contribution in [2.24, 2.45) is 22.7 Å². The van der Waals surface area contributed by atoms with Gasteiger partial charge in [-0.05, 0) is 61.2 Å². The third-order valence-electron chi connectivity index (χ3n) is 8.03. The molecule has 1 N–H and O–H groups in total. The van der Waals surface area contributed by atoms with Crippen LogP contribution < -0.4 is 0 Å².